The van der Waals surface area contributed by atoms with E-state index in [1.54, 1.807) is 16.8 Å². The Morgan fingerprint density at radius 3 is 2.94 bits per heavy atom. The van der Waals surface area contributed by atoms with Crippen molar-refractivity contribution in [2.75, 3.05) is 6.54 Å². The fourth-order valence-electron chi connectivity index (χ4n) is 1.71. The minimum absolute atomic E-state index is 0.0506. The van der Waals surface area contributed by atoms with Crippen LogP contribution >= 0.6 is 0 Å². The van der Waals surface area contributed by atoms with Crippen molar-refractivity contribution >= 4 is 0 Å². The summed E-state index contributed by atoms with van der Waals surface area (Å²) in [7, 11) is 0. The Balaban J connectivity index is 1.80. The van der Waals surface area contributed by atoms with Crippen molar-refractivity contribution in [3.63, 3.8) is 0 Å². The number of hydrogen-bond donors (Lipinski definition) is 1. The van der Waals surface area contributed by atoms with Crippen LogP contribution < -0.4 is 10.9 Å². The zero-order valence-corrected chi connectivity index (χ0v) is 10.5. The Labute approximate surface area is 106 Å². The molecule has 0 atom stereocenters. The van der Waals surface area contributed by atoms with Crippen LogP contribution in [0, 0.1) is 6.92 Å². The molecule has 0 unspecified atom stereocenters. The van der Waals surface area contributed by atoms with Crippen LogP contribution in [0.25, 0.3) is 0 Å². The lowest BCUT2D eigenvalue weighted by molar-refractivity contribution is 0.580. The first-order chi connectivity index (χ1) is 8.75. The molecule has 4 heteroatoms. The average Bonchev–Trinajstić information content (AvgIpc) is 2.38. The van der Waals surface area contributed by atoms with Gasteiger partial charge in [-0.05, 0) is 30.7 Å². The van der Waals surface area contributed by atoms with Crippen molar-refractivity contribution < 1.29 is 0 Å². The van der Waals surface area contributed by atoms with Gasteiger partial charge in [0, 0.05) is 38.1 Å². The number of rotatable bonds is 5. The second kappa shape index (κ2) is 6.12. The van der Waals surface area contributed by atoms with Gasteiger partial charge in [-0.25, -0.2) is 0 Å². The summed E-state index contributed by atoms with van der Waals surface area (Å²) >= 11 is 0. The SMILES string of the molecule is Cc1ccn(CCNCc2ccccn2)c(=O)c1. The molecular weight excluding hydrogens is 226 g/mol. The van der Waals surface area contributed by atoms with Crippen LogP contribution in [0.5, 0.6) is 0 Å². The summed E-state index contributed by atoms with van der Waals surface area (Å²) in [4.78, 5) is 15.8. The zero-order chi connectivity index (χ0) is 12.8. The molecule has 2 aromatic rings. The predicted molar refractivity (Wildman–Crippen MR) is 71.4 cm³/mol. The highest BCUT2D eigenvalue weighted by Gasteiger charge is 1.96. The van der Waals surface area contributed by atoms with Crippen molar-refractivity contribution in [1.29, 1.82) is 0 Å². The van der Waals surface area contributed by atoms with Gasteiger partial charge in [0.25, 0.3) is 5.56 Å². The highest BCUT2D eigenvalue weighted by Crippen LogP contribution is 1.93. The summed E-state index contributed by atoms with van der Waals surface area (Å²) < 4.78 is 1.71. The van der Waals surface area contributed by atoms with E-state index in [0.29, 0.717) is 6.54 Å². The molecule has 0 radical (unpaired) electrons. The molecule has 0 saturated carbocycles. The molecule has 4 nitrogen and oxygen atoms in total. The Bertz CT molecular complexity index is 548. The van der Waals surface area contributed by atoms with Crippen molar-refractivity contribution in [3.8, 4) is 0 Å². The number of nitrogens with zero attached hydrogens (tertiary/aromatic N) is 2. The predicted octanol–water partition coefficient (Wildman–Crippen LogP) is 1.34. The van der Waals surface area contributed by atoms with Gasteiger partial charge < -0.3 is 9.88 Å². The quantitative estimate of drug-likeness (QED) is 0.806. The number of nitrogens with one attached hydrogen (secondary N) is 1. The standard InChI is InChI=1S/C14H17N3O/c1-12-5-8-17(14(18)10-12)9-7-15-11-13-4-2-3-6-16-13/h2-6,8,10,15H,7,9,11H2,1H3. The molecule has 0 aliphatic rings. The largest absolute Gasteiger partial charge is 0.314 e. The first kappa shape index (κ1) is 12.5. The Hall–Kier alpha value is -1.94. The minimum Gasteiger partial charge on any atom is -0.314 e. The summed E-state index contributed by atoms with van der Waals surface area (Å²) in [5.41, 5.74) is 2.06. The Morgan fingerprint density at radius 2 is 2.22 bits per heavy atom. The van der Waals surface area contributed by atoms with Crippen molar-refractivity contribution in [3.05, 3.63) is 64.3 Å². The first-order valence-electron chi connectivity index (χ1n) is 6.03. The monoisotopic (exact) mass is 243 g/mol. The van der Waals surface area contributed by atoms with Crippen molar-refractivity contribution in [1.82, 2.24) is 14.9 Å². The van der Waals surface area contributed by atoms with Crippen LogP contribution in [0.4, 0.5) is 0 Å². The molecule has 0 bridgehead atoms. The van der Waals surface area contributed by atoms with Crippen LogP contribution in [-0.2, 0) is 13.1 Å². The van der Waals surface area contributed by atoms with E-state index in [9.17, 15) is 4.79 Å². The average molecular weight is 243 g/mol. The van der Waals surface area contributed by atoms with Crippen LogP contribution in [-0.4, -0.2) is 16.1 Å². The van der Waals surface area contributed by atoms with E-state index in [4.69, 9.17) is 0 Å². The molecule has 2 aromatic heterocycles. The van der Waals surface area contributed by atoms with E-state index in [-0.39, 0.29) is 5.56 Å². The van der Waals surface area contributed by atoms with Crippen LogP contribution in [0.2, 0.25) is 0 Å². The van der Waals surface area contributed by atoms with Gasteiger partial charge in [-0.1, -0.05) is 6.07 Å². The van der Waals surface area contributed by atoms with Gasteiger partial charge in [0.2, 0.25) is 0 Å². The van der Waals surface area contributed by atoms with Gasteiger partial charge in [0.05, 0.1) is 5.69 Å². The van der Waals surface area contributed by atoms with E-state index in [1.165, 1.54) is 0 Å². The molecule has 2 rings (SSSR count). The maximum atomic E-state index is 11.6. The highest BCUT2D eigenvalue weighted by atomic mass is 16.1. The zero-order valence-electron chi connectivity index (χ0n) is 10.5. The molecule has 0 aliphatic carbocycles. The molecule has 1 N–H and O–H groups in total. The molecule has 0 amide bonds. The maximum Gasteiger partial charge on any atom is 0.250 e. The summed E-state index contributed by atoms with van der Waals surface area (Å²) in [5, 5.41) is 3.27. The van der Waals surface area contributed by atoms with Crippen LogP contribution in [0.15, 0.2) is 47.5 Å². The molecule has 0 saturated heterocycles. The third-order valence-corrected chi connectivity index (χ3v) is 2.71. The highest BCUT2D eigenvalue weighted by molar-refractivity contribution is 5.08. The molecule has 0 fully saturated rings. The molecule has 94 valence electrons. The van der Waals surface area contributed by atoms with Crippen LogP contribution in [0.1, 0.15) is 11.3 Å². The first-order valence-corrected chi connectivity index (χ1v) is 6.03. The second-order valence-corrected chi connectivity index (χ2v) is 4.23. The maximum absolute atomic E-state index is 11.6. The summed E-state index contributed by atoms with van der Waals surface area (Å²) in [6.45, 7) is 4.07. The molecule has 18 heavy (non-hydrogen) atoms. The van der Waals surface area contributed by atoms with Crippen molar-refractivity contribution in [2.45, 2.75) is 20.0 Å². The topological polar surface area (TPSA) is 46.9 Å². The van der Waals surface area contributed by atoms with E-state index < -0.39 is 0 Å². The fraction of sp³-hybridized carbons (Fsp3) is 0.286. The van der Waals surface area contributed by atoms with E-state index in [1.807, 2.05) is 37.4 Å². The second-order valence-electron chi connectivity index (χ2n) is 4.23. The van der Waals surface area contributed by atoms with Crippen molar-refractivity contribution in [2.24, 2.45) is 0 Å². The Morgan fingerprint density at radius 1 is 1.33 bits per heavy atom. The lowest BCUT2D eigenvalue weighted by Crippen LogP contribution is -2.26. The molecule has 0 spiro atoms. The minimum atomic E-state index is 0.0506. The summed E-state index contributed by atoms with van der Waals surface area (Å²) in [6, 6.07) is 9.44. The lowest BCUT2D eigenvalue weighted by Gasteiger charge is -2.07. The van der Waals surface area contributed by atoms with Gasteiger partial charge in [0.1, 0.15) is 0 Å². The van der Waals surface area contributed by atoms with Gasteiger partial charge in [-0.2, -0.15) is 0 Å². The fourth-order valence-corrected chi connectivity index (χ4v) is 1.71. The number of aryl methyl sites for hydroxylation is 1. The van der Waals surface area contributed by atoms with Gasteiger partial charge in [-0.15, -0.1) is 0 Å². The van der Waals surface area contributed by atoms with E-state index in [2.05, 4.69) is 10.3 Å². The number of aromatic nitrogens is 2. The third-order valence-electron chi connectivity index (χ3n) is 2.71. The molecule has 2 heterocycles. The van der Waals surface area contributed by atoms with Gasteiger partial charge in [-0.3, -0.25) is 9.78 Å². The third kappa shape index (κ3) is 3.53. The normalized spacial score (nSPS) is 10.5. The lowest BCUT2D eigenvalue weighted by atomic mass is 10.3. The number of pyridine rings is 2. The molecule has 0 aliphatic heterocycles. The van der Waals surface area contributed by atoms with E-state index >= 15 is 0 Å². The smallest absolute Gasteiger partial charge is 0.250 e. The molecular formula is C14H17N3O. The Kier molecular flexibility index (Phi) is 4.25. The van der Waals surface area contributed by atoms with Crippen LogP contribution in [0.3, 0.4) is 0 Å². The molecule has 0 aromatic carbocycles. The van der Waals surface area contributed by atoms with Gasteiger partial charge >= 0.3 is 0 Å². The van der Waals surface area contributed by atoms with E-state index in [0.717, 1.165) is 24.3 Å². The number of hydrogen-bond acceptors (Lipinski definition) is 3. The summed E-state index contributed by atoms with van der Waals surface area (Å²) in [6.07, 6.45) is 3.61. The van der Waals surface area contributed by atoms with Gasteiger partial charge in [0.15, 0.2) is 0 Å². The summed E-state index contributed by atoms with van der Waals surface area (Å²) in [5.74, 6) is 0.